The van der Waals surface area contributed by atoms with Crippen molar-refractivity contribution in [1.29, 1.82) is 5.26 Å². The zero-order chi connectivity index (χ0) is 26.6. The van der Waals surface area contributed by atoms with Crippen molar-refractivity contribution in [2.24, 2.45) is 0 Å². The Balaban J connectivity index is 2.10. The number of halogens is 3. The van der Waals surface area contributed by atoms with Gasteiger partial charge in [-0.25, -0.2) is 9.59 Å². The molecule has 0 bridgehead atoms. The number of nitriles is 1. The molecule has 0 spiro atoms. The lowest BCUT2D eigenvalue weighted by Gasteiger charge is -2.41. The van der Waals surface area contributed by atoms with Gasteiger partial charge in [0.25, 0.3) is 0 Å². The van der Waals surface area contributed by atoms with Crippen LogP contribution < -0.4 is 10.2 Å². The Morgan fingerprint density at radius 3 is 2.42 bits per heavy atom. The Hall–Kier alpha value is -4.33. The molecule has 1 aliphatic rings. The predicted molar refractivity (Wildman–Crippen MR) is 123 cm³/mol. The molecular formula is C25H23F3N4O4. The molecule has 0 fully saturated rings. The van der Waals surface area contributed by atoms with Gasteiger partial charge in [-0.15, -0.1) is 0 Å². The first-order valence-corrected chi connectivity index (χ1v) is 10.8. The van der Waals surface area contributed by atoms with Crippen molar-refractivity contribution < 1.29 is 32.3 Å². The highest BCUT2D eigenvalue weighted by atomic mass is 19.4. The Bertz CT molecular complexity index is 1250. The summed E-state index contributed by atoms with van der Waals surface area (Å²) in [4.78, 5) is 40.0. The van der Waals surface area contributed by atoms with Crippen molar-refractivity contribution in [3.63, 3.8) is 0 Å². The normalized spacial score (nSPS) is 16.0. The molecule has 8 nitrogen and oxygen atoms in total. The van der Waals surface area contributed by atoms with E-state index in [0.717, 1.165) is 17.0 Å². The quantitative estimate of drug-likeness (QED) is 0.474. The summed E-state index contributed by atoms with van der Waals surface area (Å²) in [5, 5.41) is 11.6. The average molecular weight is 500 g/mol. The standard InChI is InChI=1S/C25H23F3N4O4/c1-15-21(23(34)36-12-11-30-16(2)33)22(18-9-7-17(14-29)8-10-18)31(3)24(35)32(15)20-6-4-5-19(13-20)25(26,27)28/h4-10,13,22H,11-12H2,1-3H3,(H,30,33). The molecule has 11 heteroatoms. The molecule has 2 aromatic rings. The zero-order valence-corrected chi connectivity index (χ0v) is 19.7. The number of nitrogens with zero attached hydrogens (tertiary/aromatic N) is 3. The molecule has 0 saturated carbocycles. The van der Waals surface area contributed by atoms with E-state index in [1.165, 1.54) is 50.1 Å². The van der Waals surface area contributed by atoms with E-state index in [9.17, 15) is 27.6 Å². The number of rotatable bonds is 6. The molecule has 1 heterocycles. The molecule has 36 heavy (non-hydrogen) atoms. The second-order valence-corrected chi connectivity index (χ2v) is 8.03. The van der Waals surface area contributed by atoms with E-state index < -0.39 is 29.8 Å². The van der Waals surface area contributed by atoms with E-state index in [1.54, 1.807) is 12.1 Å². The number of carbonyl (C=O) groups excluding carboxylic acids is 3. The molecule has 0 aromatic heterocycles. The van der Waals surface area contributed by atoms with Gasteiger partial charge < -0.3 is 15.0 Å². The summed E-state index contributed by atoms with van der Waals surface area (Å²) in [6.45, 7) is 2.66. The minimum absolute atomic E-state index is 0.0297. The molecule has 188 valence electrons. The van der Waals surface area contributed by atoms with E-state index in [4.69, 9.17) is 10.00 Å². The van der Waals surface area contributed by atoms with Gasteiger partial charge in [0.2, 0.25) is 5.91 Å². The number of hydrogen-bond acceptors (Lipinski definition) is 5. The molecule has 3 amide bonds. The van der Waals surface area contributed by atoms with Crippen LogP contribution in [0.2, 0.25) is 0 Å². The van der Waals surface area contributed by atoms with E-state index in [0.29, 0.717) is 11.1 Å². The van der Waals surface area contributed by atoms with Crippen LogP contribution in [0.4, 0.5) is 23.7 Å². The van der Waals surface area contributed by atoms with E-state index in [1.807, 2.05) is 6.07 Å². The summed E-state index contributed by atoms with van der Waals surface area (Å²) >= 11 is 0. The summed E-state index contributed by atoms with van der Waals surface area (Å²) in [5.41, 5.74) is -0.0211. The van der Waals surface area contributed by atoms with Gasteiger partial charge in [0, 0.05) is 19.7 Å². The van der Waals surface area contributed by atoms with Crippen molar-refractivity contribution in [2.45, 2.75) is 26.1 Å². The summed E-state index contributed by atoms with van der Waals surface area (Å²) in [6, 6.07) is 10.9. The van der Waals surface area contributed by atoms with Gasteiger partial charge in [-0.05, 0) is 42.8 Å². The van der Waals surface area contributed by atoms with Gasteiger partial charge in [-0.3, -0.25) is 9.69 Å². The smallest absolute Gasteiger partial charge is 0.416 e. The number of benzene rings is 2. The number of likely N-dealkylation sites (N-methyl/N-ethyl adjacent to an activating group) is 1. The summed E-state index contributed by atoms with van der Waals surface area (Å²) in [6.07, 6.45) is -4.63. The molecule has 1 unspecified atom stereocenters. The molecule has 2 aromatic carbocycles. The van der Waals surface area contributed by atoms with Gasteiger partial charge >= 0.3 is 18.2 Å². The third kappa shape index (κ3) is 5.49. The van der Waals surface area contributed by atoms with Gasteiger partial charge in [-0.1, -0.05) is 18.2 Å². The maximum absolute atomic E-state index is 13.4. The molecule has 1 aliphatic heterocycles. The zero-order valence-electron chi connectivity index (χ0n) is 19.7. The van der Waals surface area contributed by atoms with Gasteiger partial charge in [0.1, 0.15) is 6.61 Å². The number of hydrogen-bond donors (Lipinski definition) is 1. The van der Waals surface area contributed by atoms with Crippen LogP contribution in [-0.2, 0) is 20.5 Å². The lowest BCUT2D eigenvalue weighted by atomic mass is 9.92. The minimum Gasteiger partial charge on any atom is -0.460 e. The molecule has 0 radical (unpaired) electrons. The number of alkyl halides is 3. The monoisotopic (exact) mass is 500 g/mol. The van der Waals surface area contributed by atoms with Crippen LogP contribution in [0.5, 0.6) is 0 Å². The number of anilines is 1. The van der Waals surface area contributed by atoms with Crippen LogP contribution in [0.15, 0.2) is 59.8 Å². The van der Waals surface area contributed by atoms with Crippen LogP contribution in [0.25, 0.3) is 0 Å². The highest BCUT2D eigenvalue weighted by molar-refractivity contribution is 6.03. The lowest BCUT2D eigenvalue weighted by Crippen LogP contribution is -2.49. The number of amides is 3. The fourth-order valence-corrected chi connectivity index (χ4v) is 3.89. The number of nitrogens with one attached hydrogen (secondary N) is 1. The van der Waals surface area contributed by atoms with Crippen LogP contribution in [-0.4, -0.2) is 43.0 Å². The third-order valence-corrected chi connectivity index (χ3v) is 5.60. The Kier molecular flexibility index (Phi) is 7.68. The topological polar surface area (TPSA) is 103 Å². The number of ether oxygens (including phenoxy) is 1. The number of esters is 1. The molecular weight excluding hydrogens is 477 g/mol. The van der Waals surface area contributed by atoms with Crippen molar-refractivity contribution in [2.75, 3.05) is 25.1 Å². The largest absolute Gasteiger partial charge is 0.460 e. The summed E-state index contributed by atoms with van der Waals surface area (Å²) in [7, 11) is 1.42. The fraction of sp³-hybridized carbons (Fsp3) is 0.280. The molecule has 3 rings (SSSR count). The van der Waals surface area contributed by atoms with Crippen LogP contribution >= 0.6 is 0 Å². The molecule has 1 atom stereocenters. The maximum Gasteiger partial charge on any atom is 0.416 e. The highest BCUT2D eigenvalue weighted by Crippen LogP contribution is 2.40. The number of urea groups is 1. The van der Waals surface area contributed by atoms with Crippen molar-refractivity contribution in [3.05, 3.63) is 76.5 Å². The first-order chi connectivity index (χ1) is 17.0. The van der Waals surface area contributed by atoms with Gasteiger partial charge in [0.15, 0.2) is 0 Å². The Labute approximate surface area is 205 Å². The van der Waals surface area contributed by atoms with E-state index in [2.05, 4.69) is 5.32 Å². The van der Waals surface area contributed by atoms with Crippen LogP contribution in [0.3, 0.4) is 0 Å². The van der Waals surface area contributed by atoms with E-state index in [-0.39, 0.29) is 36.0 Å². The molecule has 0 saturated heterocycles. The van der Waals surface area contributed by atoms with Crippen LogP contribution in [0, 0.1) is 11.3 Å². The van der Waals surface area contributed by atoms with Crippen LogP contribution in [0.1, 0.15) is 36.6 Å². The predicted octanol–water partition coefficient (Wildman–Crippen LogP) is 4.14. The average Bonchev–Trinajstić information content (AvgIpc) is 2.83. The fourth-order valence-electron chi connectivity index (χ4n) is 3.89. The van der Waals surface area contributed by atoms with Crippen molar-refractivity contribution in [1.82, 2.24) is 10.2 Å². The van der Waals surface area contributed by atoms with Gasteiger partial charge in [-0.2, -0.15) is 18.4 Å². The number of carbonyl (C=O) groups is 3. The first-order valence-electron chi connectivity index (χ1n) is 10.8. The molecule has 1 N–H and O–H groups in total. The SMILES string of the molecule is CC(=O)NCCOC(=O)C1=C(C)N(c2cccc(C(F)(F)F)c2)C(=O)N(C)C1c1ccc(C#N)cc1. The summed E-state index contributed by atoms with van der Waals surface area (Å²) < 4.78 is 45.3. The molecule has 0 aliphatic carbocycles. The Morgan fingerprint density at radius 1 is 1.17 bits per heavy atom. The third-order valence-electron chi connectivity index (χ3n) is 5.60. The summed E-state index contributed by atoms with van der Waals surface area (Å²) in [5.74, 6) is -1.11. The van der Waals surface area contributed by atoms with Crippen molar-refractivity contribution in [3.8, 4) is 6.07 Å². The Morgan fingerprint density at radius 2 is 1.83 bits per heavy atom. The highest BCUT2D eigenvalue weighted by Gasteiger charge is 2.42. The lowest BCUT2D eigenvalue weighted by molar-refractivity contribution is -0.140. The van der Waals surface area contributed by atoms with Crippen molar-refractivity contribution >= 4 is 23.6 Å². The first kappa shape index (κ1) is 26.3. The van der Waals surface area contributed by atoms with Gasteiger partial charge in [0.05, 0.1) is 41.0 Å². The number of allylic oxidation sites excluding steroid dienone is 1. The second kappa shape index (κ2) is 10.5. The minimum atomic E-state index is -4.63. The van der Waals surface area contributed by atoms with E-state index >= 15 is 0 Å². The second-order valence-electron chi connectivity index (χ2n) is 8.03. The maximum atomic E-state index is 13.4.